The molecule has 0 saturated heterocycles. The first-order chi connectivity index (χ1) is 8.87. The van der Waals surface area contributed by atoms with Gasteiger partial charge >= 0.3 is 6.36 Å². The molecule has 2 aromatic rings. The minimum Gasteiger partial charge on any atom is -0.405 e. The molecule has 0 amide bonds. The van der Waals surface area contributed by atoms with E-state index in [1.165, 1.54) is 30.3 Å². The van der Waals surface area contributed by atoms with E-state index in [4.69, 9.17) is 11.5 Å². The van der Waals surface area contributed by atoms with E-state index < -0.39 is 6.36 Å². The van der Waals surface area contributed by atoms with Gasteiger partial charge in [-0.05, 0) is 23.8 Å². The second kappa shape index (κ2) is 4.72. The van der Waals surface area contributed by atoms with Gasteiger partial charge in [0.25, 0.3) is 0 Å². The first-order valence-electron chi connectivity index (χ1n) is 5.37. The normalized spacial score (nSPS) is 11.3. The van der Waals surface area contributed by atoms with Gasteiger partial charge in [-0.2, -0.15) is 0 Å². The van der Waals surface area contributed by atoms with Crippen LogP contribution in [-0.4, -0.2) is 6.36 Å². The van der Waals surface area contributed by atoms with Gasteiger partial charge in [0.1, 0.15) is 5.75 Å². The molecule has 0 aliphatic heterocycles. The van der Waals surface area contributed by atoms with E-state index in [1.54, 1.807) is 12.1 Å². The van der Waals surface area contributed by atoms with Crippen LogP contribution in [-0.2, 0) is 0 Å². The smallest absolute Gasteiger partial charge is 0.405 e. The molecule has 0 fully saturated rings. The number of anilines is 2. The lowest BCUT2D eigenvalue weighted by Crippen LogP contribution is -2.17. The fourth-order valence-corrected chi connectivity index (χ4v) is 1.66. The van der Waals surface area contributed by atoms with Gasteiger partial charge in [0.15, 0.2) is 0 Å². The molecule has 0 saturated carbocycles. The highest BCUT2D eigenvalue weighted by Gasteiger charge is 2.32. The Balaban J connectivity index is 2.47. The number of hydrogen-bond acceptors (Lipinski definition) is 3. The van der Waals surface area contributed by atoms with Crippen molar-refractivity contribution in [3.63, 3.8) is 0 Å². The zero-order valence-electron chi connectivity index (χ0n) is 9.74. The molecule has 0 radical (unpaired) electrons. The molecule has 0 aliphatic rings. The van der Waals surface area contributed by atoms with E-state index in [0.29, 0.717) is 22.5 Å². The molecule has 6 heteroatoms. The predicted molar refractivity (Wildman–Crippen MR) is 67.4 cm³/mol. The van der Waals surface area contributed by atoms with Gasteiger partial charge in [-0.1, -0.05) is 24.3 Å². The van der Waals surface area contributed by atoms with Crippen LogP contribution in [0.15, 0.2) is 42.5 Å². The first kappa shape index (κ1) is 13.1. The number of hydrogen-bond donors (Lipinski definition) is 2. The third-order valence-electron chi connectivity index (χ3n) is 2.51. The quantitative estimate of drug-likeness (QED) is 0.820. The molecule has 0 unspecified atom stereocenters. The van der Waals surface area contributed by atoms with E-state index >= 15 is 0 Å². The number of nitrogen functional groups attached to an aromatic ring is 2. The zero-order chi connectivity index (χ0) is 14.0. The molecule has 3 nitrogen and oxygen atoms in total. The van der Waals surface area contributed by atoms with Gasteiger partial charge in [-0.25, -0.2) is 0 Å². The lowest BCUT2D eigenvalue weighted by atomic mass is 10.0. The highest BCUT2D eigenvalue weighted by molar-refractivity contribution is 5.77. The molecule has 0 atom stereocenters. The summed E-state index contributed by atoms with van der Waals surface area (Å²) in [7, 11) is 0. The summed E-state index contributed by atoms with van der Waals surface area (Å²) >= 11 is 0. The highest BCUT2D eigenvalue weighted by atomic mass is 19.4. The maximum Gasteiger partial charge on any atom is 0.573 e. The zero-order valence-corrected chi connectivity index (χ0v) is 9.74. The van der Waals surface area contributed by atoms with Gasteiger partial charge < -0.3 is 16.2 Å². The van der Waals surface area contributed by atoms with Gasteiger partial charge in [0.2, 0.25) is 0 Å². The third-order valence-corrected chi connectivity index (χ3v) is 2.51. The number of nitrogens with two attached hydrogens (primary N) is 2. The summed E-state index contributed by atoms with van der Waals surface area (Å²) in [5.74, 6) is -0.279. The predicted octanol–water partition coefficient (Wildman–Crippen LogP) is 3.42. The molecule has 2 aromatic carbocycles. The Morgan fingerprint density at radius 3 is 2.21 bits per heavy atom. The maximum absolute atomic E-state index is 12.3. The monoisotopic (exact) mass is 268 g/mol. The lowest BCUT2D eigenvalue weighted by molar-refractivity contribution is -0.274. The Labute approximate surface area is 107 Å². The van der Waals surface area contributed by atoms with Crippen LogP contribution in [0, 0.1) is 0 Å². The van der Waals surface area contributed by atoms with E-state index in [0.717, 1.165) is 0 Å². The van der Waals surface area contributed by atoms with Crippen LogP contribution >= 0.6 is 0 Å². The Kier molecular flexibility index (Phi) is 3.25. The number of alkyl halides is 3. The Morgan fingerprint density at radius 1 is 0.895 bits per heavy atom. The number of halogens is 3. The molecule has 4 N–H and O–H groups in total. The topological polar surface area (TPSA) is 61.3 Å². The summed E-state index contributed by atoms with van der Waals surface area (Å²) in [5.41, 5.74) is 12.7. The number of rotatable bonds is 2. The molecule has 0 heterocycles. The third kappa shape index (κ3) is 3.09. The van der Waals surface area contributed by atoms with Crippen molar-refractivity contribution in [2.24, 2.45) is 0 Å². The summed E-state index contributed by atoms with van der Waals surface area (Å²) in [6.07, 6.45) is -4.74. The SMILES string of the molecule is Nc1ccc(-c2ccccc2OC(F)(F)F)cc1N. The molecule has 0 aliphatic carbocycles. The average Bonchev–Trinajstić information content (AvgIpc) is 2.31. The van der Waals surface area contributed by atoms with Crippen LogP contribution in [0.25, 0.3) is 11.1 Å². The Bertz CT molecular complexity index is 597. The second-order valence-electron chi connectivity index (χ2n) is 3.89. The molecular formula is C13H11F3N2O. The fraction of sp³-hybridized carbons (Fsp3) is 0.0769. The molecule has 0 aromatic heterocycles. The van der Waals surface area contributed by atoms with Gasteiger partial charge in [-0.3, -0.25) is 0 Å². The number of ether oxygens (including phenoxy) is 1. The number of para-hydroxylation sites is 1. The van der Waals surface area contributed by atoms with Gasteiger partial charge in [-0.15, -0.1) is 13.2 Å². The Hall–Kier alpha value is -2.37. The van der Waals surface area contributed by atoms with E-state index in [9.17, 15) is 13.2 Å². The minimum atomic E-state index is -4.74. The van der Waals surface area contributed by atoms with Gasteiger partial charge in [0.05, 0.1) is 11.4 Å². The summed E-state index contributed by atoms with van der Waals surface area (Å²) in [6, 6.07) is 10.5. The summed E-state index contributed by atoms with van der Waals surface area (Å²) < 4.78 is 40.9. The molecule has 100 valence electrons. The number of benzene rings is 2. The summed E-state index contributed by atoms with van der Waals surface area (Å²) in [6.45, 7) is 0. The lowest BCUT2D eigenvalue weighted by Gasteiger charge is -2.13. The standard InChI is InChI=1S/C13H11F3N2O/c14-13(15,16)19-12-4-2-1-3-9(12)8-5-6-10(17)11(18)7-8/h1-7H,17-18H2. The fourth-order valence-electron chi connectivity index (χ4n) is 1.66. The maximum atomic E-state index is 12.3. The summed E-state index contributed by atoms with van der Waals surface area (Å²) in [4.78, 5) is 0. The van der Waals surface area contributed by atoms with Crippen molar-refractivity contribution < 1.29 is 17.9 Å². The van der Waals surface area contributed by atoms with Crippen LogP contribution in [0.1, 0.15) is 0 Å². The van der Waals surface area contributed by atoms with Crippen LogP contribution in [0.5, 0.6) is 5.75 Å². The second-order valence-corrected chi connectivity index (χ2v) is 3.89. The van der Waals surface area contributed by atoms with Crippen LogP contribution in [0.3, 0.4) is 0 Å². The molecule has 19 heavy (non-hydrogen) atoms. The molecular weight excluding hydrogens is 257 g/mol. The minimum absolute atomic E-state index is 0.279. The van der Waals surface area contributed by atoms with E-state index in [-0.39, 0.29) is 5.75 Å². The van der Waals surface area contributed by atoms with Crippen LogP contribution in [0.4, 0.5) is 24.5 Å². The average molecular weight is 268 g/mol. The molecule has 0 spiro atoms. The van der Waals surface area contributed by atoms with Crippen molar-refractivity contribution in [3.05, 3.63) is 42.5 Å². The molecule has 0 bridgehead atoms. The largest absolute Gasteiger partial charge is 0.573 e. The van der Waals surface area contributed by atoms with Gasteiger partial charge in [0, 0.05) is 5.56 Å². The van der Waals surface area contributed by atoms with Crippen molar-refractivity contribution in [2.45, 2.75) is 6.36 Å². The van der Waals surface area contributed by atoms with Crippen molar-refractivity contribution >= 4 is 11.4 Å². The highest BCUT2D eigenvalue weighted by Crippen LogP contribution is 2.35. The summed E-state index contributed by atoms with van der Waals surface area (Å²) in [5, 5.41) is 0. The van der Waals surface area contributed by atoms with Crippen molar-refractivity contribution in [1.82, 2.24) is 0 Å². The van der Waals surface area contributed by atoms with Crippen LogP contribution < -0.4 is 16.2 Å². The van der Waals surface area contributed by atoms with E-state index in [2.05, 4.69) is 4.74 Å². The van der Waals surface area contributed by atoms with Crippen LogP contribution in [0.2, 0.25) is 0 Å². The first-order valence-corrected chi connectivity index (χ1v) is 5.37. The molecule has 2 rings (SSSR count). The van der Waals surface area contributed by atoms with Crippen molar-refractivity contribution in [1.29, 1.82) is 0 Å². The van der Waals surface area contributed by atoms with Crippen molar-refractivity contribution in [3.8, 4) is 16.9 Å². The van der Waals surface area contributed by atoms with Crippen molar-refractivity contribution in [2.75, 3.05) is 11.5 Å². The van der Waals surface area contributed by atoms with E-state index in [1.807, 2.05) is 0 Å². The Morgan fingerprint density at radius 2 is 1.58 bits per heavy atom.